The van der Waals surface area contributed by atoms with Gasteiger partial charge in [0.25, 0.3) is 0 Å². The molecule has 0 unspecified atom stereocenters. The molecule has 1 saturated carbocycles. The highest BCUT2D eigenvalue weighted by molar-refractivity contribution is 5.31. The third-order valence-electron chi connectivity index (χ3n) is 3.81. The van der Waals surface area contributed by atoms with E-state index in [1.807, 2.05) is 6.20 Å². The summed E-state index contributed by atoms with van der Waals surface area (Å²) in [4.78, 5) is 11.5. The number of hydrogen-bond donors (Lipinski definition) is 1. The van der Waals surface area contributed by atoms with Crippen molar-refractivity contribution in [1.82, 2.24) is 15.3 Å². The Morgan fingerprint density at radius 1 is 1.18 bits per heavy atom. The van der Waals surface area contributed by atoms with E-state index in [4.69, 9.17) is 4.98 Å². The van der Waals surface area contributed by atoms with E-state index < -0.39 is 0 Å². The zero-order valence-electron chi connectivity index (χ0n) is 10.2. The quantitative estimate of drug-likeness (QED) is 0.840. The van der Waals surface area contributed by atoms with E-state index in [0.29, 0.717) is 5.92 Å². The molecule has 0 radical (unpaired) electrons. The predicted molar refractivity (Wildman–Crippen MR) is 68.3 cm³/mol. The van der Waals surface area contributed by atoms with Crippen LogP contribution in [-0.4, -0.2) is 36.1 Å². The van der Waals surface area contributed by atoms with Gasteiger partial charge in [-0.05, 0) is 31.9 Å². The van der Waals surface area contributed by atoms with Crippen LogP contribution in [0.15, 0.2) is 12.3 Å². The van der Waals surface area contributed by atoms with Crippen LogP contribution in [0.3, 0.4) is 0 Å². The van der Waals surface area contributed by atoms with E-state index in [1.54, 1.807) is 0 Å². The molecule has 2 aliphatic rings. The van der Waals surface area contributed by atoms with E-state index in [2.05, 4.69) is 21.3 Å². The van der Waals surface area contributed by atoms with Crippen LogP contribution in [0.5, 0.6) is 0 Å². The van der Waals surface area contributed by atoms with E-state index >= 15 is 0 Å². The molecule has 2 heterocycles. The highest BCUT2D eigenvalue weighted by Crippen LogP contribution is 2.35. The van der Waals surface area contributed by atoms with Gasteiger partial charge in [0, 0.05) is 37.4 Å². The predicted octanol–water partition coefficient (Wildman–Crippen LogP) is 1.54. The number of hydrogen-bond acceptors (Lipinski definition) is 4. The third kappa shape index (κ3) is 2.41. The first-order valence-electron chi connectivity index (χ1n) is 6.72. The molecule has 1 saturated heterocycles. The minimum absolute atomic E-state index is 0.696. The summed E-state index contributed by atoms with van der Waals surface area (Å²) in [7, 11) is 0. The maximum Gasteiger partial charge on any atom is 0.225 e. The molecule has 2 fully saturated rings. The first kappa shape index (κ1) is 11.0. The molecule has 4 heteroatoms. The number of nitrogens with one attached hydrogen (secondary N) is 1. The van der Waals surface area contributed by atoms with Gasteiger partial charge in [-0.25, -0.2) is 9.97 Å². The average molecular weight is 232 g/mol. The molecule has 92 valence electrons. The second-order valence-electron chi connectivity index (χ2n) is 5.00. The van der Waals surface area contributed by atoms with Gasteiger partial charge < -0.3 is 10.2 Å². The maximum absolute atomic E-state index is 4.75. The lowest BCUT2D eigenvalue weighted by molar-refractivity contribution is 0.410. The van der Waals surface area contributed by atoms with Crippen LogP contribution in [-0.2, 0) is 0 Å². The van der Waals surface area contributed by atoms with E-state index in [-0.39, 0.29) is 0 Å². The molecule has 17 heavy (non-hydrogen) atoms. The first-order valence-corrected chi connectivity index (χ1v) is 6.72. The number of anilines is 1. The van der Waals surface area contributed by atoms with Crippen molar-refractivity contribution in [2.24, 2.45) is 0 Å². The van der Waals surface area contributed by atoms with Crippen molar-refractivity contribution in [2.45, 2.75) is 31.6 Å². The minimum Gasteiger partial charge on any atom is -0.339 e. The summed E-state index contributed by atoms with van der Waals surface area (Å²) in [5.41, 5.74) is 1.25. The Labute approximate surface area is 102 Å². The summed E-state index contributed by atoms with van der Waals surface area (Å²) in [6.07, 6.45) is 7.07. The number of aromatic nitrogens is 2. The lowest BCUT2D eigenvalue weighted by Crippen LogP contribution is -2.29. The zero-order valence-corrected chi connectivity index (χ0v) is 10.2. The van der Waals surface area contributed by atoms with Crippen molar-refractivity contribution < 1.29 is 0 Å². The molecule has 4 nitrogen and oxygen atoms in total. The fraction of sp³-hybridized carbons (Fsp3) is 0.692. The summed E-state index contributed by atoms with van der Waals surface area (Å²) < 4.78 is 0. The summed E-state index contributed by atoms with van der Waals surface area (Å²) in [5, 5.41) is 3.41. The Hall–Kier alpha value is -1.16. The first-order chi connectivity index (χ1) is 8.43. The Bertz CT molecular complexity index is 367. The van der Waals surface area contributed by atoms with Crippen LogP contribution in [0.2, 0.25) is 0 Å². The molecule has 1 aromatic rings. The van der Waals surface area contributed by atoms with E-state index in [0.717, 1.165) is 32.1 Å². The van der Waals surface area contributed by atoms with Gasteiger partial charge in [0.1, 0.15) is 0 Å². The van der Waals surface area contributed by atoms with Crippen molar-refractivity contribution in [3.8, 4) is 0 Å². The smallest absolute Gasteiger partial charge is 0.225 e. The topological polar surface area (TPSA) is 41.1 Å². The van der Waals surface area contributed by atoms with Crippen LogP contribution in [0.25, 0.3) is 0 Å². The van der Waals surface area contributed by atoms with Gasteiger partial charge >= 0.3 is 0 Å². The molecule has 3 rings (SSSR count). The van der Waals surface area contributed by atoms with Gasteiger partial charge in [0.05, 0.1) is 0 Å². The number of rotatable bonds is 2. The highest BCUT2D eigenvalue weighted by atomic mass is 15.3. The maximum atomic E-state index is 4.75. The highest BCUT2D eigenvalue weighted by Gasteiger charge is 2.22. The lowest BCUT2D eigenvalue weighted by Gasteiger charge is -2.26. The molecular formula is C13H20N4. The van der Waals surface area contributed by atoms with E-state index in [9.17, 15) is 0 Å². The van der Waals surface area contributed by atoms with Crippen LogP contribution >= 0.6 is 0 Å². The van der Waals surface area contributed by atoms with E-state index in [1.165, 1.54) is 31.4 Å². The Morgan fingerprint density at radius 3 is 2.94 bits per heavy atom. The third-order valence-corrected chi connectivity index (χ3v) is 3.81. The molecule has 1 aliphatic carbocycles. The molecule has 0 aromatic carbocycles. The summed E-state index contributed by atoms with van der Waals surface area (Å²) in [6, 6.07) is 2.09. The second-order valence-corrected chi connectivity index (χ2v) is 5.00. The van der Waals surface area contributed by atoms with Gasteiger partial charge in [0.15, 0.2) is 0 Å². The van der Waals surface area contributed by atoms with Gasteiger partial charge in [-0.3, -0.25) is 0 Å². The minimum atomic E-state index is 0.696. The summed E-state index contributed by atoms with van der Waals surface area (Å²) in [6.45, 7) is 4.24. The fourth-order valence-corrected chi connectivity index (χ4v) is 2.49. The molecule has 1 aromatic heterocycles. The van der Waals surface area contributed by atoms with Gasteiger partial charge in [-0.2, -0.15) is 0 Å². The fourth-order valence-electron chi connectivity index (χ4n) is 2.49. The van der Waals surface area contributed by atoms with Crippen LogP contribution < -0.4 is 10.2 Å². The molecule has 0 bridgehead atoms. The molecular weight excluding hydrogens is 212 g/mol. The largest absolute Gasteiger partial charge is 0.339 e. The summed E-state index contributed by atoms with van der Waals surface area (Å²) in [5.74, 6) is 1.62. The van der Waals surface area contributed by atoms with Crippen molar-refractivity contribution in [1.29, 1.82) is 0 Å². The van der Waals surface area contributed by atoms with Crippen LogP contribution in [0.4, 0.5) is 5.95 Å². The lowest BCUT2D eigenvalue weighted by atomic mass is 9.83. The summed E-state index contributed by atoms with van der Waals surface area (Å²) >= 11 is 0. The molecule has 0 atom stereocenters. The Morgan fingerprint density at radius 2 is 2.12 bits per heavy atom. The van der Waals surface area contributed by atoms with Crippen molar-refractivity contribution in [3.63, 3.8) is 0 Å². The Balaban J connectivity index is 1.76. The molecule has 1 aliphatic heterocycles. The standard InChI is InChI=1S/C13H20N4/c1-3-11(4-1)12-5-7-15-13(16-12)17-9-2-6-14-8-10-17/h5,7,11,14H,1-4,6,8-10H2. The molecule has 1 N–H and O–H groups in total. The van der Waals surface area contributed by atoms with Crippen molar-refractivity contribution in [3.05, 3.63) is 18.0 Å². The van der Waals surface area contributed by atoms with Crippen molar-refractivity contribution in [2.75, 3.05) is 31.1 Å². The monoisotopic (exact) mass is 232 g/mol. The Kier molecular flexibility index (Phi) is 3.22. The van der Waals surface area contributed by atoms with Gasteiger partial charge in [-0.15, -0.1) is 0 Å². The number of nitrogens with zero attached hydrogens (tertiary/aromatic N) is 3. The zero-order chi connectivity index (χ0) is 11.5. The SMILES string of the molecule is c1cc(C2CCC2)nc(N2CCCNCC2)n1. The van der Waals surface area contributed by atoms with Gasteiger partial charge in [0.2, 0.25) is 5.95 Å². The second kappa shape index (κ2) is 5.00. The van der Waals surface area contributed by atoms with Crippen LogP contribution in [0.1, 0.15) is 37.3 Å². The van der Waals surface area contributed by atoms with Gasteiger partial charge in [-0.1, -0.05) is 6.42 Å². The average Bonchev–Trinajstić information content (AvgIpc) is 2.55. The normalized spacial score (nSPS) is 22.0. The van der Waals surface area contributed by atoms with Crippen molar-refractivity contribution >= 4 is 5.95 Å². The molecule has 0 spiro atoms. The van der Waals surface area contributed by atoms with Crippen LogP contribution in [0, 0.1) is 0 Å². The molecule has 0 amide bonds.